The normalized spacial score (nSPS) is 8.33. The number of primary amides is 1. The van der Waals surface area contributed by atoms with E-state index in [2.05, 4.69) is 0 Å². The minimum Gasteiger partial charge on any atom is -0.493 e. The maximum Gasteiger partial charge on any atom is 0.290 e. The molecular formula is C10H13NO4. The molecule has 1 aromatic carbocycles. The zero-order chi connectivity index (χ0) is 11.7. The van der Waals surface area contributed by atoms with Crippen molar-refractivity contribution in [1.82, 2.24) is 0 Å². The summed E-state index contributed by atoms with van der Waals surface area (Å²) in [6.07, 6.45) is 0. The number of benzene rings is 1. The fourth-order valence-electron chi connectivity index (χ4n) is 0.952. The fraction of sp³-hybridized carbons (Fsp3) is 0.200. The molecule has 0 aromatic heterocycles. The maximum absolute atomic E-state index is 10.8. The highest BCUT2D eigenvalue weighted by Crippen LogP contribution is 2.16. The average Bonchev–Trinajstić information content (AvgIpc) is 2.20. The molecule has 82 valence electrons. The second kappa shape index (κ2) is 7.37. The van der Waals surface area contributed by atoms with Gasteiger partial charge in [0.2, 0.25) is 0 Å². The van der Waals surface area contributed by atoms with Gasteiger partial charge in [0.15, 0.2) is 0 Å². The lowest BCUT2D eigenvalue weighted by molar-refractivity contribution is -0.122. The molecule has 3 N–H and O–H groups in total. The predicted molar refractivity (Wildman–Crippen MR) is 54.8 cm³/mol. The van der Waals surface area contributed by atoms with E-state index >= 15 is 0 Å². The highest BCUT2D eigenvalue weighted by molar-refractivity contribution is 5.95. The van der Waals surface area contributed by atoms with Crippen LogP contribution in [0, 0.1) is 0 Å². The van der Waals surface area contributed by atoms with Gasteiger partial charge in [0.25, 0.3) is 12.4 Å². The van der Waals surface area contributed by atoms with Crippen LogP contribution in [0.25, 0.3) is 0 Å². The smallest absolute Gasteiger partial charge is 0.290 e. The van der Waals surface area contributed by atoms with Gasteiger partial charge in [0.1, 0.15) is 5.75 Å². The van der Waals surface area contributed by atoms with E-state index in [0.29, 0.717) is 17.9 Å². The summed E-state index contributed by atoms with van der Waals surface area (Å²) in [7, 11) is 0. The Morgan fingerprint density at radius 1 is 1.53 bits per heavy atom. The van der Waals surface area contributed by atoms with Gasteiger partial charge < -0.3 is 15.6 Å². The van der Waals surface area contributed by atoms with Crippen molar-refractivity contribution < 1.29 is 19.4 Å². The average molecular weight is 211 g/mol. The maximum atomic E-state index is 10.8. The third-order valence-corrected chi connectivity index (χ3v) is 1.45. The minimum atomic E-state index is -0.459. The second-order valence-electron chi connectivity index (χ2n) is 2.40. The number of carbonyl (C=O) groups excluding carboxylic acids is 1. The summed E-state index contributed by atoms with van der Waals surface area (Å²) in [4.78, 5) is 19.2. The summed E-state index contributed by atoms with van der Waals surface area (Å²) in [6, 6.07) is 6.93. The molecule has 0 aliphatic carbocycles. The molecule has 0 fully saturated rings. The lowest BCUT2D eigenvalue weighted by Crippen LogP contribution is -2.12. The second-order valence-corrected chi connectivity index (χ2v) is 2.40. The molecule has 0 heterocycles. The number of hydrogen-bond donors (Lipinski definition) is 2. The Kier molecular flexibility index (Phi) is 6.37. The van der Waals surface area contributed by atoms with Crippen molar-refractivity contribution in [3.05, 3.63) is 29.8 Å². The van der Waals surface area contributed by atoms with Crippen LogP contribution in [-0.4, -0.2) is 24.1 Å². The Labute approximate surface area is 87.5 Å². The summed E-state index contributed by atoms with van der Waals surface area (Å²) in [5.74, 6) is 0.0894. The molecule has 5 heteroatoms. The number of para-hydroxylation sites is 1. The van der Waals surface area contributed by atoms with Crippen molar-refractivity contribution in [2.75, 3.05) is 6.61 Å². The highest BCUT2D eigenvalue weighted by Gasteiger charge is 2.06. The molecule has 0 aliphatic rings. The van der Waals surface area contributed by atoms with Gasteiger partial charge in [0, 0.05) is 0 Å². The van der Waals surface area contributed by atoms with Gasteiger partial charge in [-0.3, -0.25) is 9.59 Å². The van der Waals surface area contributed by atoms with Crippen LogP contribution in [0.4, 0.5) is 0 Å². The predicted octanol–water partition coefficient (Wildman–Crippen LogP) is 0.885. The molecule has 0 radical (unpaired) electrons. The van der Waals surface area contributed by atoms with E-state index in [1.807, 2.05) is 6.92 Å². The van der Waals surface area contributed by atoms with Gasteiger partial charge in [-0.1, -0.05) is 12.1 Å². The standard InChI is InChI=1S/C9H11NO2.CH2O2/c1-2-12-8-6-4-3-5-7(8)9(10)11;2-1-3/h3-6H,2H2,1H3,(H2,10,11);1H,(H,2,3). The van der Waals surface area contributed by atoms with Gasteiger partial charge in [-0.25, -0.2) is 0 Å². The van der Waals surface area contributed by atoms with Crippen LogP contribution in [0.2, 0.25) is 0 Å². The van der Waals surface area contributed by atoms with Crippen LogP contribution >= 0.6 is 0 Å². The Morgan fingerprint density at radius 3 is 2.53 bits per heavy atom. The summed E-state index contributed by atoms with van der Waals surface area (Å²) >= 11 is 0. The SMILES string of the molecule is CCOc1ccccc1C(N)=O.O=CO. The molecule has 0 unspecified atom stereocenters. The number of hydrogen-bond acceptors (Lipinski definition) is 3. The van der Waals surface area contributed by atoms with Crippen LogP contribution < -0.4 is 10.5 Å². The fourth-order valence-corrected chi connectivity index (χ4v) is 0.952. The molecule has 0 saturated carbocycles. The van der Waals surface area contributed by atoms with Gasteiger partial charge in [-0.2, -0.15) is 0 Å². The molecule has 1 amide bonds. The summed E-state index contributed by atoms with van der Waals surface area (Å²) in [5.41, 5.74) is 5.56. The van der Waals surface area contributed by atoms with Crippen molar-refractivity contribution >= 4 is 12.4 Å². The third-order valence-electron chi connectivity index (χ3n) is 1.45. The van der Waals surface area contributed by atoms with E-state index in [1.54, 1.807) is 24.3 Å². The van der Waals surface area contributed by atoms with Crippen molar-refractivity contribution in [3.63, 3.8) is 0 Å². The quantitative estimate of drug-likeness (QED) is 0.726. The van der Waals surface area contributed by atoms with Gasteiger partial charge in [-0.15, -0.1) is 0 Å². The first kappa shape index (κ1) is 13.0. The van der Waals surface area contributed by atoms with Crippen molar-refractivity contribution in [2.45, 2.75) is 6.92 Å². The molecule has 1 rings (SSSR count). The minimum absolute atomic E-state index is 0.250. The van der Waals surface area contributed by atoms with Gasteiger partial charge in [0.05, 0.1) is 12.2 Å². The van der Waals surface area contributed by atoms with Gasteiger partial charge in [-0.05, 0) is 19.1 Å². The van der Waals surface area contributed by atoms with Crippen LogP contribution in [0.5, 0.6) is 5.75 Å². The van der Waals surface area contributed by atoms with Crippen LogP contribution in [0.3, 0.4) is 0 Å². The van der Waals surface area contributed by atoms with Crippen molar-refractivity contribution in [2.24, 2.45) is 5.73 Å². The lowest BCUT2D eigenvalue weighted by Gasteiger charge is -2.05. The zero-order valence-corrected chi connectivity index (χ0v) is 8.34. The van der Waals surface area contributed by atoms with Crippen molar-refractivity contribution in [3.8, 4) is 5.75 Å². The topological polar surface area (TPSA) is 89.6 Å². The first-order valence-electron chi connectivity index (χ1n) is 4.26. The number of carbonyl (C=O) groups is 2. The third kappa shape index (κ3) is 4.66. The highest BCUT2D eigenvalue weighted by atomic mass is 16.5. The summed E-state index contributed by atoms with van der Waals surface area (Å²) in [5, 5.41) is 6.89. The Balaban J connectivity index is 0.000000583. The molecule has 1 aromatic rings. The van der Waals surface area contributed by atoms with Crippen LogP contribution in [0.1, 0.15) is 17.3 Å². The van der Waals surface area contributed by atoms with Crippen LogP contribution in [0.15, 0.2) is 24.3 Å². The van der Waals surface area contributed by atoms with E-state index in [9.17, 15) is 4.79 Å². The number of carboxylic acid groups (broad SMARTS) is 1. The Morgan fingerprint density at radius 2 is 2.07 bits per heavy atom. The molecule has 0 aliphatic heterocycles. The van der Waals surface area contributed by atoms with Crippen molar-refractivity contribution in [1.29, 1.82) is 0 Å². The molecule has 0 bridgehead atoms. The molecule has 15 heavy (non-hydrogen) atoms. The van der Waals surface area contributed by atoms with E-state index in [-0.39, 0.29) is 6.47 Å². The monoisotopic (exact) mass is 211 g/mol. The zero-order valence-electron chi connectivity index (χ0n) is 8.34. The molecule has 0 atom stereocenters. The lowest BCUT2D eigenvalue weighted by atomic mass is 10.2. The number of rotatable bonds is 3. The van der Waals surface area contributed by atoms with E-state index in [4.69, 9.17) is 20.4 Å². The largest absolute Gasteiger partial charge is 0.493 e. The molecule has 5 nitrogen and oxygen atoms in total. The van der Waals surface area contributed by atoms with E-state index in [1.165, 1.54) is 0 Å². The van der Waals surface area contributed by atoms with E-state index in [0.717, 1.165) is 0 Å². The van der Waals surface area contributed by atoms with Gasteiger partial charge >= 0.3 is 0 Å². The number of amides is 1. The number of nitrogens with two attached hydrogens (primary N) is 1. The summed E-state index contributed by atoms with van der Waals surface area (Å²) < 4.78 is 5.20. The van der Waals surface area contributed by atoms with Crippen LogP contribution in [-0.2, 0) is 4.79 Å². The molecule has 0 spiro atoms. The molecule has 0 saturated heterocycles. The summed E-state index contributed by atoms with van der Waals surface area (Å²) in [6.45, 7) is 2.14. The number of ether oxygens (including phenoxy) is 1. The molecular weight excluding hydrogens is 198 g/mol. The first-order valence-corrected chi connectivity index (χ1v) is 4.26. The Hall–Kier alpha value is -2.04. The Bertz CT molecular complexity index is 325. The first-order chi connectivity index (χ1) is 7.17. The van der Waals surface area contributed by atoms with E-state index < -0.39 is 5.91 Å².